The average molecular weight is 255 g/mol. The Kier molecular flexibility index (Phi) is 2.33. The van der Waals surface area contributed by atoms with Gasteiger partial charge in [-0.1, -0.05) is 0 Å². The molecular weight excluding hydrogens is 248 g/mol. The van der Waals surface area contributed by atoms with E-state index in [4.69, 9.17) is 5.73 Å². The first kappa shape index (κ1) is 8.72. The molecule has 66 valence electrons. The lowest BCUT2D eigenvalue weighted by Crippen LogP contribution is -1.90. The van der Waals surface area contributed by atoms with Gasteiger partial charge in [-0.15, -0.1) is 0 Å². The Morgan fingerprint density at radius 2 is 2.23 bits per heavy atom. The van der Waals surface area contributed by atoms with Gasteiger partial charge in [0.2, 0.25) is 0 Å². The molecule has 2 nitrogen and oxygen atoms in total. The van der Waals surface area contributed by atoms with Gasteiger partial charge >= 0.3 is 0 Å². The van der Waals surface area contributed by atoms with E-state index < -0.39 is 0 Å². The molecule has 2 aromatic heterocycles. The van der Waals surface area contributed by atoms with Gasteiger partial charge in [-0.3, -0.25) is 0 Å². The molecule has 2 rings (SSSR count). The van der Waals surface area contributed by atoms with E-state index in [-0.39, 0.29) is 0 Å². The second-order valence-electron chi connectivity index (χ2n) is 2.60. The number of halogens is 1. The van der Waals surface area contributed by atoms with Crippen LogP contribution in [-0.2, 0) is 0 Å². The molecule has 0 bridgehead atoms. The molecule has 0 radical (unpaired) electrons. The smallest absolute Gasteiger partial charge is 0.137 e. The summed E-state index contributed by atoms with van der Waals surface area (Å²) in [5.41, 5.74) is 7.85. The highest BCUT2D eigenvalue weighted by molar-refractivity contribution is 9.10. The highest BCUT2D eigenvalue weighted by atomic mass is 79.9. The Morgan fingerprint density at radius 3 is 2.85 bits per heavy atom. The van der Waals surface area contributed by atoms with Crippen molar-refractivity contribution in [2.45, 2.75) is 0 Å². The van der Waals surface area contributed by atoms with Crippen molar-refractivity contribution in [3.63, 3.8) is 0 Å². The Labute approximate surface area is 88.6 Å². The number of hydrogen-bond donors (Lipinski definition) is 1. The van der Waals surface area contributed by atoms with Gasteiger partial charge in [-0.2, -0.15) is 11.3 Å². The van der Waals surface area contributed by atoms with Crippen molar-refractivity contribution in [1.29, 1.82) is 0 Å². The standard InChI is InChI=1S/C9H7BrN2S/c10-8-3-7(4-12-9(8)11)6-1-2-13-5-6/h1-5H,(H2,11,12). The second kappa shape index (κ2) is 3.47. The molecule has 2 N–H and O–H groups in total. The van der Waals surface area contributed by atoms with Crippen molar-refractivity contribution in [1.82, 2.24) is 4.98 Å². The molecule has 0 fully saturated rings. The Balaban J connectivity index is 2.49. The summed E-state index contributed by atoms with van der Waals surface area (Å²) >= 11 is 5.02. The van der Waals surface area contributed by atoms with Gasteiger partial charge in [0.1, 0.15) is 5.82 Å². The van der Waals surface area contributed by atoms with Crippen molar-refractivity contribution < 1.29 is 0 Å². The third-order valence-corrected chi connectivity index (χ3v) is 3.04. The maximum atomic E-state index is 5.59. The largest absolute Gasteiger partial charge is 0.383 e. The Morgan fingerprint density at radius 1 is 1.38 bits per heavy atom. The molecule has 0 amide bonds. The van der Waals surface area contributed by atoms with Gasteiger partial charge in [0.25, 0.3) is 0 Å². The van der Waals surface area contributed by atoms with Crippen molar-refractivity contribution in [2.24, 2.45) is 0 Å². The van der Waals surface area contributed by atoms with Gasteiger partial charge < -0.3 is 5.73 Å². The van der Waals surface area contributed by atoms with E-state index >= 15 is 0 Å². The molecule has 0 atom stereocenters. The molecule has 0 aliphatic carbocycles. The zero-order chi connectivity index (χ0) is 9.26. The van der Waals surface area contributed by atoms with Crippen LogP contribution in [0.1, 0.15) is 0 Å². The number of hydrogen-bond acceptors (Lipinski definition) is 3. The lowest BCUT2D eigenvalue weighted by atomic mass is 10.1. The number of pyridine rings is 1. The molecule has 0 aliphatic heterocycles. The van der Waals surface area contributed by atoms with E-state index in [2.05, 4.69) is 32.4 Å². The molecule has 4 heteroatoms. The van der Waals surface area contributed by atoms with Crippen molar-refractivity contribution in [3.05, 3.63) is 33.6 Å². The summed E-state index contributed by atoms with van der Waals surface area (Å²) in [6.45, 7) is 0. The molecule has 2 aromatic rings. The summed E-state index contributed by atoms with van der Waals surface area (Å²) in [5, 5.41) is 4.12. The first-order valence-corrected chi connectivity index (χ1v) is 5.44. The van der Waals surface area contributed by atoms with Gasteiger partial charge in [-0.05, 0) is 44.4 Å². The minimum atomic E-state index is 0.527. The maximum absolute atomic E-state index is 5.59. The van der Waals surface area contributed by atoms with Crippen LogP contribution in [0.4, 0.5) is 5.82 Å². The number of aromatic nitrogens is 1. The summed E-state index contributed by atoms with van der Waals surface area (Å²) < 4.78 is 0.844. The molecule has 0 saturated carbocycles. The van der Waals surface area contributed by atoms with Crippen LogP contribution in [0.3, 0.4) is 0 Å². The topological polar surface area (TPSA) is 38.9 Å². The van der Waals surface area contributed by atoms with E-state index in [9.17, 15) is 0 Å². The van der Waals surface area contributed by atoms with E-state index in [0.29, 0.717) is 5.82 Å². The van der Waals surface area contributed by atoms with Crippen LogP contribution in [0.2, 0.25) is 0 Å². The molecule has 0 aromatic carbocycles. The van der Waals surface area contributed by atoms with Crippen molar-refractivity contribution in [3.8, 4) is 11.1 Å². The average Bonchev–Trinajstić information content (AvgIpc) is 2.62. The van der Waals surface area contributed by atoms with E-state index in [0.717, 1.165) is 10.0 Å². The number of thiophene rings is 1. The van der Waals surface area contributed by atoms with Crippen LogP contribution in [0, 0.1) is 0 Å². The SMILES string of the molecule is Nc1ncc(-c2ccsc2)cc1Br. The van der Waals surface area contributed by atoms with Gasteiger partial charge in [0.05, 0.1) is 4.47 Å². The summed E-state index contributed by atoms with van der Waals surface area (Å²) in [5.74, 6) is 0.527. The lowest BCUT2D eigenvalue weighted by Gasteiger charge is -2.00. The van der Waals surface area contributed by atoms with E-state index in [1.54, 1.807) is 17.5 Å². The van der Waals surface area contributed by atoms with E-state index in [1.807, 2.05) is 11.4 Å². The highest BCUT2D eigenvalue weighted by Gasteiger charge is 2.01. The number of nitrogens with two attached hydrogens (primary N) is 1. The minimum absolute atomic E-state index is 0.527. The number of rotatable bonds is 1. The predicted molar refractivity (Wildman–Crippen MR) is 59.7 cm³/mol. The number of anilines is 1. The molecular formula is C9H7BrN2S. The summed E-state index contributed by atoms with van der Waals surface area (Å²) in [4.78, 5) is 4.07. The second-order valence-corrected chi connectivity index (χ2v) is 4.24. The van der Waals surface area contributed by atoms with Crippen molar-refractivity contribution in [2.75, 3.05) is 5.73 Å². The summed E-state index contributed by atoms with van der Waals surface area (Å²) in [6.07, 6.45) is 1.78. The maximum Gasteiger partial charge on any atom is 0.137 e. The van der Waals surface area contributed by atoms with Gasteiger partial charge in [0, 0.05) is 11.8 Å². The summed E-state index contributed by atoms with van der Waals surface area (Å²) in [6, 6.07) is 4.04. The normalized spacial score (nSPS) is 10.2. The van der Waals surface area contributed by atoms with Gasteiger partial charge in [0.15, 0.2) is 0 Å². The zero-order valence-corrected chi connectivity index (χ0v) is 9.10. The molecule has 0 saturated heterocycles. The quantitative estimate of drug-likeness (QED) is 0.850. The van der Waals surface area contributed by atoms with E-state index in [1.165, 1.54) is 5.56 Å². The van der Waals surface area contributed by atoms with Crippen LogP contribution >= 0.6 is 27.3 Å². The molecule has 0 aliphatic rings. The lowest BCUT2D eigenvalue weighted by molar-refractivity contribution is 1.32. The minimum Gasteiger partial charge on any atom is -0.383 e. The third-order valence-electron chi connectivity index (χ3n) is 1.72. The fraction of sp³-hybridized carbons (Fsp3) is 0. The molecule has 0 unspecified atom stereocenters. The monoisotopic (exact) mass is 254 g/mol. The Bertz CT molecular complexity index is 412. The molecule has 0 spiro atoms. The van der Waals surface area contributed by atoms with Gasteiger partial charge in [-0.25, -0.2) is 4.98 Å². The predicted octanol–water partition coefficient (Wildman–Crippen LogP) is 3.15. The molecule has 2 heterocycles. The number of nitrogen functional groups attached to an aromatic ring is 1. The Hall–Kier alpha value is -0.870. The van der Waals surface area contributed by atoms with Crippen molar-refractivity contribution >= 4 is 33.1 Å². The zero-order valence-electron chi connectivity index (χ0n) is 6.70. The third kappa shape index (κ3) is 1.73. The first-order chi connectivity index (χ1) is 6.27. The van der Waals surface area contributed by atoms with Crippen LogP contribution in [0.25, 0.3) is 11.1 Å². The summed E-state index contributed by atoms with van der Waals surface area (Å²) in [7, 11) is 0. The number of nitrogens with zero attached hydrogens (tertiary/aromatic N) is 1. The van der Waals surface area contributed by atoms with Crippen LogP contribution < -0.4 is 5.73 Å². The first-order valence-electron chi connectivity index (χ1n) is 3.71. The van der Waals surface area contributed by atoms with Crippen LogP contribution in [-0.4, -0.2) is 4.98 Å². The highest BCUT2D eigenvalue weighted by Crippen LogP contribution is 2.26. The van der Waals surface area contributed by atoms with Crippen LogP contribution in [0.5, 0.6) is 0 Å². The molecule has 13 heavy (non-hydrogen) atoms. The van der Waals surface area contributed by atoms with Crippen LogP contribution in [0.15, 0.2) is 33.6 Å². The fourth-order valence-corrected chi connectivity index (χ4v) is 2.05. The fourth-order valence-electron chi connectivity index (χ4n) is 1.04.